The van der Waals surface area contributed by atoms with Gasteiger partial charge in [-0.05, 0) is 36.1 Å². The van der Waals surface area contributed by atoms with Gasteiger partial charge in [0.15, 0.2) is 0 Å². The zero-order valence-corrected chi connectivity index (χ0v) is 15.0. The molecule has 1 heterocycles. The Morgan fingerprint density at radius 1 is 1.04 bits per heavy atom. The predicted molar refractivity (Wildman–Crippen MR) is 103 cm³/mol. The second-order valence-electron chi connectivity index (χ2n) is 5.90. The van der Waals surface area contributed by atoms with E-state index in [0.717, 1.165) is 24.0 Å². The van der Waals surface area contributed by atoms with Crippen LogP contribution in [0.2, 0.25) is 0 Å². The number of aromatic nitrogens is 2. The van der Waals surface area contributed by atoms with E-state index in [4.69, 9.17) is 4.74 Å². The Bertz CT molecular complexity index is 899. The summed E-state index contributed by atoms with van der Waals surface area (Å²) in [4.78, 5) is 19.0. The molecule has 0 aliphatic rings. The summed E-state index contributed by atoms with van der Waals surface area (Å²) in [5.41, 5.74) is 2.02. The lowest BCUT2D eigenvalue weighted by molar-refractivity contribution is -0.385. The monoisotopic (exact) mass is 364 g/mol. The molecule has 2 aromatic carbocycles. The van der Waals surface area contributed by atoms with Gasteiger partial charge in [0, 0.05) is 6.54 Å². The number of nitrogens with zero attached hydrogens (tertiary/aromatic N) is 3. The average molecular weight is 364 g/mol. The highest BCUT2D eigenvalue weighted by Gasteiger charge is 2.24. The van der Waals surface area contributed by atoms with Crippen molar-refractivity contribution in [3.63, 3.8) is 0 Å². The molecule has 1 N–H and O–H groups in total. The lowest BCUT2D eigenvalue weighted by Gasteiger charge is -2.09. The summed E-state index contributed by atoms with van der Waals surface area (Å²) in [5.74, 6) is 0.553. The predicted octanol–water partition coefficient (Wildman–Crippen LogP) is 4.39. The molecule has 3 rings (SSSR count). The fraction of sp³-hybridized carbons (Fsp3) is 0.200. The number of nitrogens with one attached hydrogen (secondary N) is 1. The summed E-state index contributed by atoms with van der Waals surface area (Å²) in [6.45, 7) is 2.56. The van der Waals surface area contributed by atoms with Crippen molar-refractivity contribution in [2.24, 2.45) is 0 Å². The Morgan fingerprint density at radius 2 is 1.78 bits per heavy atom. The first-order chi connectivity index (χ1) is 13.2. The maximum absolute atomic E-state index is 11.6. The van der Waals surface area contributed by atoms with Crippen LogP contribution in [0.15, 0.2) is 60.9 Å². The van der Waals surface area contributed by atoms with E-state index >= 15 is 0 Å². The molecule has 0 amide bonds. The Hall–Kier alpha value is -3.48. The molecule has 0 atom stereocenters. The van der Waals surface area contributed by atoms with Crippen molar-refractivity contribution in [1.82, 2.24) is 9.97 Å². The maximum Gasteiger partial charge on any atom is 0.373 e. The van der Waals surface area contributed by atoms with Gasteiger partial charge in [0.1, 0.15) is 12.1 Å². The largest absolute Gasteiger partial charge is 0.434 e. The zero-order chi connectivity index (χ0) is 19.1. The smallest absolute Gasteiger partial charge is 0.373 e. The van der Waals surface area contributed by atoms with Crippen LogP contribution in [0.4, 0.5) is 11.5 Å². The molecular weight excluding hydrogens is 344 g/mol. The molecule has 1 aromatic heterocycles. The van der Waals surface area contributed by atoms with Crippen molar-refractivity contribution in [1.29, 1.82) is 0 Å². The number of anilines is 1. The van der Waals surface area contributed by atoms with E-state index in [1.54, 1.807) is 12.1 Å². The lowest BCUT2D eigenvalue weighted by atomic mass is 10.1. The molecule has 7 heteroatoms. The molecule has 3 aromatic rings. The van der Waals surface area contributed by atoms with Crippen LogP contribution in [0.3, 0.4) is 0 Å². The van der Waals surface area contributed by atoms with Crippen molar-refractivity contribution in [2.75, 3.05) is 11.9 Å². The van der Waals surface area contributed by atoms with Crippen LogP contribution in [-0.2, 0) is 12.8 Å². The fourth-order valence-electron chi connectivity index (χ4n) is 2.61. The van der Waals surface area contributed by atoms with Crippen molar-refractivity contribution in [3.8, 4) is 11.6 Å². The van der Waals surface area contributed by atoms with Gasteiger partial charge < -0.3 is 10.1 Å². The first-order valence-corrected chi connectivity index (χ1v) is 8.71. The molecule has 0 unspecified atom stereocenters. The van der Waals surface area contributed by atoms with Gasteiger partial charge in [0.05, 0.1) is 4.92 Å². The minimum absolute atomic E-state index is 0.0820. The van der Waals surface area contributed by atoms with Crippen molar-refractivity contribution in [3.05, 3.63) is 82.2 Å². The third-order valence-corrected chi connectivity index (χ3v) is 4.07. The van der Waals surface area contributed by atoms with E-state index in [2.05, 4.69) is 22.2 Å². The van der Waals surface area contributed by atoms with Crippen LogP contribution in [0.25, 0.3) is 0 Å². The Labute approximate surface area is 157 Å². The highest BCUT2D eigenvalue weighted by atomic mass is 16.6. The molecule has 138 valence electrons. The Kier molecular flexibility index (Phi) is 5.94. The van der Waals surface area contributed by atoms with Crippen LogP contribution in [0.5, 0.6) is 11.6 Å². The first-order valence-electron chi connectivity index (χ1n) is 8.71. The van der Waals surface area contributed by atoms with Gasteiger partial charge in [-0.15, -0.1) is 0 Å². The van der Waals surface area contributed by atoms with Crippen LogP contribution >= 0.6 is 0 Å². The Morgan fingerprint density at radius 3 is 2.44 bits per heavy atom. The van der Waals surface area contributed by atoms with E-state index in [1.807, 2.05) is 42.5 Å². The second-order valence-corrected chi connectivity index (χ2v) is 5.90. The fourth-order valence-corrected chi connectivity index (χ4v) is 2.61. The van der Waals surface area contributed by atoms with Crippen molar-refractivity contribution >= 4 is 11.5 Å². The van der Waals surface area contributed by atoms with Gasteiger partial charge in [-0.2, -0.15) is 4.98 Å². The zero-order valence-electron chi connectivity index (χ0n) is 15.0. The summed E-state index contributed by atoms with van der Waals surface area (Å²) in [7, 11) is 0. The highest BCUT2D eigenvalue weighted by Crippen LogP contribution is 2.34. The molecule has 0 saturated carbocycles. The summed E-state index contributed by atoms with van der Waals surface area (Å²) < 4.78 is 5.64. The van der Waals surface area contributed by atoms with E-state index in [9.17, 15) is 10.1 Å². The minimum atomic E-state index is -0.527. The van der Waals surface area contributed by atoms with Crippen LogP contribution < -0.4 is 10.1 Å². The van der Waals surface area contributed by atoms with E-state index in [0.29, 0.717) is 12.3 Å². The molecule has 0 fully saturated rings. The molecule has 27 heavy (non-hydrogen) atoms. The quantitative estimate of drug-likeness (QED) is 0.471. The number of hydrogen-bond acceptors (Lipinski definition) is 6. The molecular formula is C20H20N4O3. The molecule has 0 aliphatic heterocycles. The number of hydrogen-bond donors (Lipinski definition) is 1. The lowest BCUT2D eigenvalue weighted by Crippen LogP contribution is -2.10. The third-order valence-electron chi connectivity index (χ3n) is 4.07. The maximum atomic E-state index is 11.6. The van der Waals surface area contributed by atoms with Gasteiger partial charge in [-0.25, -0.2) is 4.98 Å². The summed E-state index contributed by atoms with van der Waals surface area (Å²) in [6, 6.07) is 17.2. The summed E-state index contributed by atoms with van der Waals surface area (Å²) in [5, 5.41) is 14.6. The average Bonchev–Trinajstić information content (AvgIpc) is 2.69. The number of aryl methyl sites for hydroxylation is 1. The number of benzene rings is 2. The van der Waals surface area contributed by atoms with Crippen molar-refractivity contribution in [2.45, 2.75) is 19.8 Å². The Balaban J connectivity index is 1.76. The van der Waals surface area contributed by atoms with Gasteiger partial charge in [-0.1, -0.05) is 49.4 Å². The highest BCUT2D eigenvalue weighted by molar-refractivity contribution is 5.61. The topological polar surface area (TPSA) is 90.2 Å². The number of ether oxygens (including phenoxy) is 1. The molecule has 0 aliphatic carbocycles. The standard InChI is InChI=1S/C20H20N4O3/c1-2-15-8-10-17(11-9-15)27-20-18(24(25)26)19(22-14-23-20)21-13-12-16-6-4-3-5-7-16/h3-11,14H,2,12-13H2,1H3,(H,21,22,23). The molecule has 0 spiro atoms. The molecule has 0 radical (unpaired) electrons. The van der Waals surface area contributed by atoms with Crippen LogP contribution in [0.1, 0.15) is 18.1 Å². The molecule has 0 saturated heterocycles. The van der Waals surface area contributed by atoms with Crippen molar-refractivity contribution < 1.29 is 9.66 Å². The van der Waals surface area contributed by atoms with Gasteiger partial charge in [-0.3, -0.25) is 10.1 Å². The summed E-state index contributed by atoms with van der Waals surface area (Å²) in [6.07, 6.45) is 2.88. The summed E-state index contributed by atoms with van der Waals surface area (Å²) >= 11 is 0. The molecule has 0 bridgehead atoms. The second kappa shape index (κ2) is 8.75. The van der Waals surface area contributed by atoms with E-state index in [-0.39, 0.29) is 17.4 Å². The van der Waals surface area contributed by atoms with Gasteiger partial charge in [0.25, 0.3) is 0 Å². The molecule has 7 nitrogen and oxygen atoms in total. The minimum Gasteiger partial charge on any atom is -0.434 e. The van der Waals surface area contributed by atoms with Gasteiger partial charge >= 0.3 is 11.6 Å². The van der Waals surface area contributed by atoms with Crippen LogP contribution in [0, 0.1) is 10.1 Å². The first kappa shape index (κ1) is 18.3. The number of rotatable bonds is 8. The van der Waals surface area contributed by atoms with Crippen LogP contribution in [-0.4, -0.2) is 21.4 Å². The van der Waals surface area contributed by atoms with E-state index < -0.39 is 4.92 Å². The number of nitro groups is 1. The third kappa shape index (κ3) is 4.78. The van der Waals surface area contributed by atoms with Gasteiger partial charge in [0.2, 0.25) is 5.82 Å². The normalized spacial score (nSPS) is 10.4. The van der Waals surface area contributed by atoms with E-state index in [1.165, 1.54) is 6.33 Å². The SMILES string of the molecule is CCc1ccc(Oc2ncnc(NCCc3ccccc3)c2[N+](=O)[O-])cc1.